The molecule has 2 aliphatic heterocycles. The van der Waals surface area contributed by atoms with Gasteiger partial charge in [-0.25, -0.2) is 12.7 Å². The predicted octanol–water partition coefficient (Wildman–Crippen LogP) is 4.41. The number of hydrogen-bond donors (Lipinski definition) is 1. The molecule has 34 heavy (non-hydrogen) atoms. The number of nitrogens with one attached hydrogen (secondary N) is 1. The predicted molar refractivity (Wildman–Crippen MR) is 134 cm³/mol. The highest BCUT2D eigenvalue weighted by Crippen LogP contribution is 2.27. The first-order chi connectivity index (χ1) is 16.2. The molecule has 0 saturated carbocycles. The summed E-state index contributed by atoms with van der Waals surface area (Å²) in [5, 5.41) is 3.66. The first kappa shape index (κ1) is 25.0. The Morgan fingerprint density at radius 3 is 2.32 bits per heavy atom. The van der Waals surface area contributed by atoms with Crippen molar-refractivity contribution in [1.82, 2.24) is 9.21 Å². The maximum absolute atomic E-state index is 13.0. The Kier molecular flexibility index (Phi) is 7.82. The molecule has 2 aromatic rings. The van der Waals surface area contributed by atoms with Crippen LogP contribution in [0, 0.1) is 5.92 Å². The van der Waals surface area contributed by atoms with Gasteiger partial charge in [-0.1, -0.05) is 41.4 Å². The number of carbonyl (C=O) groups excluding carboxylic acids is 2. The number of hydrogen-bond acceptors (Lipinski definition) is 4. The molecule has 2 aromatic carbocycles. The molecule has 2 aliphatic rings. The van der Waals surface area contributed by atoms with E-state index in [9.17, 15) is 18.0 Å². The first-order valence-corrected chi connectivity index (χ1v) is 13.7. The van der Waals surface area contributed by atoms with E-state index < -0.39 is 10.0 Å². The molecule has 0 atom stereocenters. The van der Waals surface area contributed by atoms with Gasteiger partial charge in [0.2, 0.25) is 15.9 Å². The van der Waals surface area contributed by atoms with Gasteiger partial charge in [-0.2, -0.15) is 0 Å². The molecule has 2 fully saturated rings. The second-order valence-electron chi connectivity index (χ2n) is 8.70. The van der Waals surface area contributed by atoms with Gasteiger partial charge in [0.1, 0.15) is 0 Å². The van der Waals surface area contributed by atoms with Crippen molar-refractivity contribution in [3.05, 3.63) is 63.6 Å². The number of halogens is 2. The SMILES string of the molecule is O=C(Nc1ccccc1C(=O)N1CCCC1)C1CCN(S(=O)(=O)Cc2ccc(Cl)cc2Cl)CC1. The standard InChI is InChI=1S/C24H27Cl2N3O4S/c25-19-8-7-18(21(26)15-19)16-34(32,33)29-13-9-17(10-14-29)23(30)27-22-6-2-1-5-20(22)24(31)28-11-3-4-12-28/h1-2,5-8,15,17H,3-4,9-14,16H2,(H,27,30). The van der Waals surface area contributed by atoms with Gasteiger partial charge in [-0.15, -0.1) is 0 Å². The average Bonchev–Trinajstić information content (AvgIpc) is 3.36. The minimum atomic E-state index is -3.58. The number of anilines is 1. The van der Waals surface area contributed by atoms with Crippen molar-refractivity contribution < 1.29 is 18.0 Å². The Morgan fingerprint density at radius 2 is 1.65 bits per heavy atom. The third-order valence-electron chi connectivity index (χ3n) is 6.38. The van der Waals surface area contributed by atoms with E-state index in [2.05, 4.69) is 5.32 Å². The van der Waals surface area contributed by atoms with Crippen molar-refractivity contribution in [3.63, 3.8) is 0 Å². The van der Waals surface area contributed by atoms with E-state index >= 15 is 0 Å². The molecule has 0 spiro atoms. The van der Waals surface area contributed by atoms with Gasteiger partial charge in [-0.05, 0) is 55.5 Å². The second-order valence-corrected chi connectivity index (χ2v) is 11.5. The minimum Gasteiger partial charge on any atom is -0.339 e. The molecule has 7 nitrogen and oxygen atoms in total. The van der Waals surface area contributed by atoms with E-state index in [0.29, 0.717) is 39.7 Å². The maximum Gasteiger partial charge on any atom is 0.255 e. The molecule has 2 amide bonds. The summed E-state index contributed by atoms with van der Waals surface area (Å²) >= 11 is 12.0. The van der Waals surface area contributed by atoms with Gasteiger partial charge in [-0.3, -0.25) is 9.59 Å². The van der Waals surface area contributed by atoms with Gasteiger partial charge >= 0.3 is 0 Å². The summed E-state index contributed by atoms with van der Waals surface area (Å²) in [6, 6.07) is 11.8. The molecule has 182 valence electrons. The van der Waals surface area contributed by atoms with Crippen LogP contribution in [0.3, 0.4) is 0 Å². The number of rotatable bonds is 6. The average molecular weight is 524 g/mol. The molecule has 1 N–H and O–H groups in total. The van der Waals surface area contributed by atoms with Gasteiger partial charge in [0.05, 0.1) is 17.0 Å². The van der Waals surface area contributed by atoms with Crippen LogP contribution >= 0.6 is 23.2 Å². The van der Waals surface area contributed by atoms with Crippen LogP contribution in [0.15, 0.2) is 42.5 Å². The summed E-state index contributed by atoms with van der Waals surface area (Å²) < 4.78 is 27.2. The van der Waals surface area contributed by atoms with Crippen LogP contribution in [0.4, 0.5) is 5.69 Å². The Balaban J connectivity index is 1.36. The van der Waals surface area contributed by atoms with Crippen LogP contribution in [0.25, 0.3) is 0 Å². The molecular formula is C24H27Cl2N3O4S. The lowest BCUT2D eigenvalue weighted by Gasteiger charge is -2.31. The van der Waals surface area contributed by atoms with Crippen LogP contribution in [0.1, 0.15) is 41.6 Å². The highest BCUT2D eigenvalue weighted by Gasteiger charge is 2.32. The normalized spacial score (nSPS) is 17.6. The number of piperidine rings is 1. The van der Waals surface area contributed by atoms with Gasteiger partial charge in [0.25, 0.3) is 5.91 Å². The van der Waals surface area contributed by atoms with Crippen LogP contribution in [0.2, 0.25) is 10.0 Å². The molecule has 0 bridgehead atoms. The summed E-state index contributed by atoms with van der Waals surface area (Å²) in [6.07, 6.45) is 2.79. The van der Waals surface area contributed by atoms with Crippen molar-refractivity contribution in [1.29, 1.82) is 0 Å². The number of amides is 2. The summed E-state index contributed by atoms with van der Waals surface area (Å²) in [5.74, 6) is -0.818. The molecule has 0 aromatic heterocycles. The summed E-state index contributed by atoms with van der Waals surface area (Å²) in [4.78, 5) is 27.6. The quantitative estimate of drug-likeness (QED) is 0.607. The molecule has 0 radical (unpaired) electrons. The highest BCUT2D eigenvalue weighted by molar-refractivity contribution is 7.88. The lowest BCUT2D eigenvalue weighted by Crippen LogP contribution is -2.42. The van der Waals surface area contributed by atoms with Crippen molar-refractivity contribution in [2.75, 3.05) is 31.5 Å². The molecule has 4 rings (SSSR count). The number of likely N-dealkylation sites (tertiary alicyclic amines) is 1. The van der Waals surface area contributed by atoms with E-state index in [1.807, 2.05) is 0 Å². The van der Waals surface area contributed by atoms with Crippen molar-refractivity contribution >= 4 is 50.7 Å². The largest absolute Gasteiger partial charge is 0.339 e. The fraction of sp³-hybridized carbons (Fsp3) is 0.417. The Labute approximate surface area is 210 Å². The van der Waals surface area contributed by atoms with E-state index in [-0.39, 0.29) is 36.6 Å². The molecule has 0 aliphatic carbocycles. The van der Waals surface area contributed by atoms with Crippen LogP contribution in [-0.4, -0.2) is 55.6 Å². The number of sulfonamides is 1. The summed E-state index contributed by atoms with van der Waals surface area (Å²) in [5.41, 5.74) is 1.47. The number of carbonyl (C=O) groups is 2. The number of para-hydroxylation sites is 1. The Morgan fingerprint density at radius 1 is 0.971 bits per heavy atom. The van der Waals surface area contributed by atoms with E-state index in [1.165, 1.54) is 10.4 Å². The molecule has 2 saturated heterocycles. The fourth-order valence-electron chi connectivity index (χ4n) is 4.43. The molecule has 0 unspecified atom stereocenters. The monoisotopic (exact) mass is 523 g/mol. The Hall–Kier alpha value is -2.13. The van der Waals surface area contributed by atoms with Gasteiger partial charge in [0, 0.05) is 42.1 Å². The second kappa shape index (κ2) is 10.6. The Bertz CT molecular complexity index is 1170. The summed E-state index contributed by atoms with van der Waals surface area (Å²) in [6.45, 7) is 1.96. The fourth-order valence-corrected chi connectivity index (χ4v) is 6.58. The van der Waals surface area contributed by atoms with Crippen molar-refractivity contribution in [3.8, 4) is 0 Å². The van der Waals surface area contributed by atoms with Crippen LogP contribution in [-0.2, 0) is 20.6 Å². The lowest BCUT2D eigenvalue weighted by molar-refractivity contribution is -0.120. The topological polar surface area (TPSA) is 86.8 Å². The minimum absolute atomic E-state index is 0.0739. The zero-order valence-corrected chi connectivity index (χ0v) is 21.0. The zero-order chi connectivity index (χ0) is 24.3. The molecule has 10 heteroatoms. The molecular weight excluding hydrogens is 497 g/mol. The third kappa shape index (κ3) is 5.74. The van der Waals surface area contributed by atoms with Crippen LogP contribution < -0.4 is 5.32 Å². The van der Waals surface area contributed by atoms with E-state index in [0.717, 1.165) is 25.9 Å². The lowest BCUT2D eigenvalue weighted by atomic mass is 9.97. The van der Waals surface area contributed by atoms with Crippen LogP contribution in [0.5, 0.6) is 0 Å². The first-order valence-electron chi connectivity index (χ1n) is 11.4. The van der Waals surface area contributed by atoms with Crippen molar-refractivity contribution in [2.45, 2.75) is 31.4 Å². The highest BCUT2D eigenvalue weighted by atomic mass is 35.5. The number of nitrogens with zero attached hydrogens (tertiary/aromatic N) is 2. The van der Waals surface area contributed by atoms with E-state index in [4.69, 9.17) is 23.2 Å². The van der Waals surface area contributed by atoms with E-state index in [1.54, 1.807) is 41.3 Å². The summed E-state index contributed by atoms with van der Waals surface area (Å²) in [7, 11) is -3.58. The third-order valence-corrected chi connectivity index (χ3v) is 8.79. The molecule has 2 heterocycles. The number of benzene rings is 2. The smallest absolute Gasteiger partial charge is 0.255 e. The maximum atomic E-state index is 13.0. The van der Waals surface area contributed by atoms with Gasteiger partial charge in [0.15, 0.2) is 0 Å². The zero-order valence-electron chi connectivity index (χ0n) is 18.7. The van der Waals surface area contributed by atoms with Crippen molar-refractivity contribution in [2.24, 2.45) is 5.92 Å². The van der Waals surface area contributed by atoms with Gasteiger partial charge < -0.3 is 10.2 Å².